The first-order valence-electron chi connectivity index (χ1n) is 4.03. The first-order valence-corrected chi connectivity index (χ1v) is 5.58. The summed E-state index contributed by atoms with van der Waals surface area (Å²) >= 11 is 15.0. The summed E-state index contributed by atoms with van der Waals surface area (Å²) < 4.78 is 5.77. The number of hydrogen-bond acceptors (Lipinski definition) is 2. The van der Waals surface area contributed by atoms with E-state index in [9.17, 15) is 4.79 Å². The van der Waals surface area contributed by atoms with Crippen molar-refractivity contribution in [3.8, 4) is 5.75 Å². The molecule has 0 saturated carbocycles. The molecule has 0 spiro atoms. The molecule has 0 aromatic heterocycles. The molecule has 82 valence electrons. The lowest BCUT2D eigenvalue weighted by Crippen LogP contribution is -2.25. The fraction of sp³-hybridized carbons (Fsp3) is 0.222. The molecule has 0 unspecified atom stereocenters. The summed E-state index contributed by atoms with van der Waals surface area (Å²) in [6.07, 6.45) is 0. The van der Waals surface area contributed by atoms with Gasteiger partial charge in [-0.3, -0.25) is 4.79 Å². The summed E-state index contributed by atoms with van der Waals surface area (Å²) in [5.41, 5.74) is 0. The van der Waals surface area contributed by atoms with Crippen LogP contribution in [0.3, 0.4) is 0 Å². The van der Waals surface area contributed by atoms with Crippen molar-refractivity contribution in [3.05, 3.63) is 26.7 Å². The van der Waals surface area contributed by atoms with E-state index in [0.29, 0.717) is 20.3 Å². The van der Waals surface area contributed by atoms with Gasteiger partial charge < -0.3 is 10.1 Å². The summed E-state index contributed by atoms with van der Waals surface area (Å²) in [5, 5.41) is 3.31. The van der Waals surface area contributed by atoms with E-state index in [-0.39, 0.29) is 12.5 Å². The predicted molar refractivity (Wildman–Crippen MR) is 63.7 cm³/mol. The molecule has 1 aromatic rings. The third-order valence-electron chi connectivity index (χ3n) is 1.63. The molecule has 0 atom stereocenters. The van der Waals surface area contributed by atoms with Crippen molar-refractivity contribution in [2.45, 2.75) is 0 Å². The fourth-order valence-electron chi connectivity index (χ4n) is 0.851. The molecule has 6 heteroatoms. The summed E-state index contributed by atoms with van der Waals surface area (Å²) in [5.74, 6) is 0.130. The standard InChI is InChI=1S/C9H8BrCl2NO2/c1-13-7(14)4-15-9-6(12)3-2-5(11)8(9)10/h2-3H,4H2,1H3,(H,13,14). The van der Waals surface area contributed by atoms with E-state index in [1.165, 1.54) is 7.05 Å². The summed E-state index contributed by atoms with van der Waals surface area (Å²) in [4.78, 5) is 11.0. The number of amides is 1. The van der Waals surface area contributed by atoms with Crippen LogP contribution in [0, 0.1) is 0 Å². The lowest BCUT2D eigenvalue weighted by Gasteiger charge is -2.09. The monoisotopic (exact) mass is 311 g/mol. The lowest BCUT2D eigenvalue weighted by molar-refractivity contribution is -0.122. The maximum Gasteiger partial charge on any atom is 0.257 e. The van der Waals surface area contributed by atoms with Gasteiger partial charge in [0, 0.05) is 7.05 Å². The molecule has 0 aliphatic rings. The first-order chi connectivity index (χ1) is 7.06. The van der Waals surface area contributed by atoms with E-state index in [2.05, 4.69) is 21.2 Å². The van der Waals surface area contributed by atoms with Gasteiger partial charge in [0.05, 0.1) is 14.5 Å². The maximum absolute atomic E-state index is 11.0. The van der Waals surface area contributed by atoms with Crippen LogP contribution in [0.2, 0.25) is 10.0 Å². The normalized spacial score (nSPS) is 9.87. The number of carbonyl (C=O) groups excluding carboxylic acids is 1. The number of likely N-dealkylation sites (N-methyl/N-ethyl adjacent to an activating group) is 1. The smallest absolute Gasteiger partial charge is 0.257 e. The Labute approximate surface area is 106 Å². The molecule has 3 nitrogen and oxygen atoms in total. The van der Waals surface area contributed by atoms with E-state index in [1.54, 1.807) is 12.1 Å². The highest BCUT2D eigenvalue weighted by Gasteiger charge is 2.11. The van der Waals surface area contributed by atoms with Crippen LogP contribution in [0.15, 0.2) is 16.6 Å². The Kier molecular flexibility index (Phi) is 4.70. The highest BCUT2D eigenvalue weighted by Crippen LogP contribution is 2.38. The largest absolute Gasteiger partial charge is 0.481 e. The molecule has 0 radical (unpaired) electrons. The molecule has 1 aromatic carbocycles. The van der Waals surface area contributed by atoms with Gasteiger partial charge in [0.25, 0.3) is 5.91 Å². The highest BCUT2D eigenvalue weighted by molar-refractivity contribution is 9.10. The van der Waals surface area contributed by atoms with Crippen LogP contribution in [0.5, 0.6) is 5.75 Å². The third kappa shape index (κ3) is 3.26. The fourth-order valence-corrected chi connectivity index (χ4v) is 1.79. The van der Waals surface area contributed by atoms with Crippen LogP contribution < -0.4 is 10.1 Å². The molecule has 15 heavy (non-hydrogen) atoms. The third-order valence-corrected chi connectivity index (χ3v) is 3.26. The predicted octanol–water partition coefficient (Wildman–Crippen LogP) is 2.88. The van der Waals surface area contributed by atoms with Crippen molar-refractivity contribution in [1.29, 1.82) is 0 Å². The molecule has 0 fully saturated rings. The van der Waals surface area contributed by atoms with Crippen LogP contribution in [0.1, 0.15) is 0 Å². The summed E-state index contributed by atoms with van der Waals surface area (Å²) in [6, 6.07) is 3.24. The second-order valence-corrected chi connectivity index (χ2v) is 4.24. The van der Waals surface area contributed by atoms with Crippen LogP contribution in [-0.2, 0) is 4.79 Å². The SMILES string of the molecule is CNC(=O)COc1c(Cl)ccc(Cl)c1Br. The molecule has 1 rings (SSSR count). The van der Waals surface area contributed by atoms with E-state index in [1.807, 2.05) is 0 Å². The topological polar surface area (TPSA) is 38.3 Å². The number of halogens is 3. The van der Waals surface area contributed by atoms with Crippen molar-refractivity contribution < 1.29 is 9.53 Å². The van der Waals surface area contributed by atoms with E-state index >= 15 is 0 Å². The Morgan fingerprint density at radius 1 is 1.47 bits per heavy atom. The Morgan fingerprint density at radius 3 is 2.67 bits per heavy atom. The van der Waals surface area contributed by atoms with Gasteiger partial charge in [-0.15, -0.1) is 0 Å². The van der Waals surface area contributed by atoms with Gasteiger partial charge in [-0.2, -0.15) is 0 Å². The number of ether oxygens (including phenoxy) is 1. The molecule has 0 heterocycles. The van der Waals surface area contributed by atoms with Crippen LogP contribution in [-0.4, -0.2) is 19.6 Å². The molecule has 0 aliphatic carbocycles. The van der Waals surface area contributed by atoms with E-state index in [0.717, 1.165) is 0 Å². The lowest BCUT2D eigenvalue weighted by atomic mass is 10.3. The Balaban J connectivity index is 2.84. The number of benzene rings is 1. The molecule has 1 N–H and O–H groups in total. The quantitative estimate of drug-likeness (QED) is 0.872. The highest BCUT2D eigenvalue weighted by atomic mass is 79.9. The minimum Gasteiger partial charge on any atom is -0.481 e. The number of hydrogen-bond donors (Lipinski definition) is 1. The van der Waals surface area contributed by atoms with Crippen molar-refractivity contribution in [3.63, 3.8) is 0 Å². The molecule has 0 bridgehead atoms. The average molecular weight is 313 g/mol. The van der Waals surface area contributed by atoms with Gasteiger partial charge in [-0.05, 0) is 28.1 Å². The van der Waals surface area contributed by atoms with Crippen LogP contribution in [0.25, 0.3) is 0 Å². The van der Waals surface area contributed by atoms with Gasteiger partial charge in [-0.25, -0.2) is 0 Å². The van der Waals surface area contributed by atoms with Crippen molar-refractivity contribution in [2.75, 3.05) is 13.7 Å². The molecule has 0 saturated heterocycles. The zero-order valence-electron chi connectivity index (χ0n) is 7.81. The minimum absolute atomic E-state index is 0.102. The minimum atomic E-state index is -0.238. The molecular weight excluding hydrogens is 305 g/mol. The number of carbonyl (C=O) groups is 1. The van der Waals surface area contributed by atoms with Gasteiger partial charge in [0.1, 0.15) is 0 Å². The van der Waals surface area contributed by atoms with Gasteiger partial charge in [0.15, 0.2) is 12.4 Å². The molecule has 0 aliphatic heterocycles. The second kappa shape index (κ2) is 5.58. The van der Waals surface area contributed by atoms with Crippen LogP contribution >= 0.6 is 39.1 Å². The zero-order chi connectivity index (χ0) is 11.4. The molecular formula is C9H8BrCl2NO2. The van der Waals surface area contributed by atoms with E-state index in [4.69, 9.17) is 27.9 Å². The second-order valence-electron chi connectivity index (χ2n) is 2.63. The Bertz CT molecular complexity index is 385. The maximum atomic E-state index is 11.0. The zero-order valence-corrected chi connectivity index (χ0v) is 10.9. The summed E-state index contributed by atoms with van der Waals surface area (Å²) in [6.45, 7) is -0.102. The Morgan fingerprint density at radius 2 is 2.07 bits per heavy atom. The first kappa shape index (κ1) is 12.6. The number of rotatable bonds is 3. The Hall–Kier alpha value is -0.450. The van der Waals surface area contributed by atoms with Crippen LogP contribution in [0.4, 0.5) is 0 Å². The van der Waals surface area contributed by atoms with Gasteiger partial charge >= 0.3 is 0 Å². The van der Waals surface area contributed by atoms with Crippen molar-refractivity contribution in [2.24, 2.45) is 0 Å². The molecule has 1 amide bonds. The average Bonchev–Trinajstić information content (AvgIpc) is 2.23. The summed E-state index contributed by atoms with van der Waals surface area (Å²) in [7, 11) is 1.53. The van der Waals surface area contributed by atoms with E-state index < -0.39 is 0 Å². The van der Waals surface area contributed by atoms with Gasteiger partial charge in [-0.1, -0.05) is 23.2 Å². The van der Waals surface area contributed by atoms with Gasteiger partial charge in [0.2, 0.25) is 0 Å². The van der Waals surface area contributed by atoms with Crippen molar-refractivity contribution in [1.82, 2.24) is 5.32 Å². The number of nitrogens with one attached hydrogen (secondary N) is 1. The van der Waals surface area contributed by atoms with Crippen molar-refractivity contribution >= 4 is 45.0 Å².